The van der Waals surface area contributed by atoms with Gasteiger partial charge >= 0.3 is 0 Å². The summed E-state index contributed by atoms with van der Waals surface area (Å²) in [6.07, 6.45) is 0. The van der Waals surface area contributed by atoms with Crippen LogP contribution in [0.1, 0.15) is 12.5 Å². The van der Waals surface area contributed by atoms with Crippen LogP contribution in [0, 0.1) is 5.82 Å². The molecule has 1 aliphatic rings. The van der Waals surface area contributed by atoms with Crippen molar-refractivity contribution in [3.8, 4) is 11.3 Å². The first-order valence-corrected chi connectivity index (χ1v) is 12.5. The summed E-state index contributed by atoms with van der Waals surface area (Å²) in [6.45, 7) is 2.97. The Morgan fingerprint density at radius 3 is 2.68 bits per heavy atom. The molecule has 4 aromatic rings. The first kappa shape index (κ1) is 22.6. The summed E-state index contributed by atoms with van der Waals surface area (Å²) in [5.41, 5.74) is 5.08. The number of hydrogen-bond acceptors (Lipinski definition) is 6. The van der Waals surface area contributed by atoms with Gasteiger partial charge in [0.25, 0.3) is 0 Å². The molecule has 1 aromatic heterocycles. The van der Waals surface area contributed by atoms with E-state index in [0.717, 1.165) is 22.6 Å². The van der Waals surface area contributed by atoms with Crippen molar-refractivity contribution in [1.82, 2.24) is 4.68 Å². The van der Waals surface area contributed by atoms with Crippen molar-refractivity contribution in [2.45, 2.75) is 16.7 Å². The molecule has 0 spiro atoms. The fourth-order valence-corrected chi connectivity index (χ4v) is 5.48. The Balaban J connectivity index is 1.55. The molecule has 1 N–H and O–H groups in total. The molecule has 5 rings (SSSR count). The summed E-state index contributed by atoms with van der Waals surface area (Å²) in [5, 5.41) is 10.3. The molecule has 34 heavy (non-hydrogen) atoms. The van der Waals surface area contributed by atoms with E-state index in [1.807, 2.05) is 30.5 Å². The number of halogens is 1. The van der Waals surface area contributed by atoms with Gasteiger partial charge in [0.2, 0.25) is 4.80 Å². The van der Waals surface area contributed by atoms with E-state index in [-0.39, 0.29) is 5.82 Å². The third kappa shape index (κ3) is 4.57. The van der Waals surface area contributed by atoms with Crippen molar-refractivity contribution in [2.24, 2.45) is 10.1 Å². The van der Waals surface area contributed by atoms with Gasteiger partial charge < -0.3 is 10.1 Å². The molecule has 0 unspecified atom stereocenters. The van der Waals surface area contributed by atoms with Gasteiger partial charge in [0.05, 0.1) is 35.9 Å². The van der Waals surface area contributed by atoms with Gasteiger partial charge in [-0.25, -0.2) is 9.07 Å². The van der Waals surface area contributed by atoms with Gasteiger partial charge in [-0.2, -0.15) is 5.10 Å². The number of benzene rings is 3. The topological polar surface area (TPSA) is 50.9 Å². The number of para-hydroxylation sites is 1. The third-order valence-electron chi connectivity index (χ3n) is 5.40. The van der Waals surface area contributed by atoms with E-state index in [1.165, 1.54) is 27.2 Å². The number of anilines is 2. The van der Waals surface area contributed by atoms with Crippen molar-refractivity contribution in [1.29, 1.82) is 0 Å². The maximum atomic E-state index is 14.6. The van der Waals surface area contributed by atoms with Crippen molar-refractivity contribution >= 4 is 40.2 Å². The molecule has 0 bridgehead atoms. The highest BCUT2D eigenvalue weighted by Crippen LogP contribution is 2.44. The van der Waals surface area contributed by atoms with Crippen LogP contribution in [0.5, 0.6) is 0 Å². The van der Waals surface area contributed by atoms with Crippen LogP contribution in [0.2, 0.25) is 0 Å². The Morgan fingerprint density at radius 2 is 1.82 bits per heavy atom. The summed E-state index contributed by atoms with van der Waals surface area (Å²) >= 11 is 3.18. The monoisotopic (exact) mass is 490 g/mol. The van der Waals surface area contributed by atoms with Gasteiger partial charge in [-0.1, -0.05) is 42.1 Å². The largest absolute Gasteiger partial charge is 0.383 e. The van der Waals surface area contributed by atoms with Gasteiger partial charge in [0.1, 0.15) is 5.82 Å². The molecular weight excluding hydrogens is 467 g/mol. The van der Waals surface area contributed by atoms with Crippen LogP contribution in [0.15, 0.2) is 92.0 Å². The molecule has 0 radical (unpaired) electrons. The molecule has 0 amide bonds. The minimum atomic E-state index is -0.293. The number of thiazole rings is 1. The van der Waals surface area contributed by atoms with Crippen LogP contribution in [0.4, 0.5) is 15.8 Å². The van der Waals surface area contributed by atoms with Crippen molar-refractivity contribution < 1.29 is 9.13 Å². The Morgan fingerprint density at radius 1 is 1.03 bits per heavy atom. The lowest BCUT2D eigenvalue weighted by Gasteiger charge is -2.21. The van der Waals surface area contributed by atoms with Crippen molar-refractivity contribution in [2.75, 3.05) is 25.6 Å². The van der Waals surface area contributed by atoms with Crippen LogP contribution in [0.25, 0.3) is 11.3 Å². The van der Waals surface area contributed by atoms with Gasteiger partial charge in [0, 0.05) is 27.8 Å². The van der Waals surface area contributed by atoms with E-state index in [0.29, 0.717) is 29.2 Å². The molecule has 0 atom stereocenters. The minimum absolute atomic E-state index is 0.293. The molecule has 0 aliphatic carbocycles. The zero-order valence-corrected chi connectivity index (χ0v) is 20.4. The lowest BCUT2D eigenvalue weighted by Crippen LogP contribution is -2.16. The molecule has 3 aromatic carbocycles. The zero-order chi connectivity index (χ0) is 23.5. The van der Waals surface area contributed by atoms with Crippen molar-refractivity contribution in [3.63, 3.8) is 0 Å². The third-order valence-corrected chi connectivity index (χ3v) is 7.41. The van der Waals surface area contributed by atoms with E-state index in [2.05, 4.69) is 40.6 Å². The lowest BCUT2D eigenvalue weighted by molar-refractivity contribution is 0.207. The molecular formula is C26H23FN4OS2. The van der Waals surface area contributed by atoms with Crippen LogP contribution in [-0.2, 0) is 4.74 Å². The summed E-state index contributed by atoms with van der Waals surface area (Å²) in [7, 11) is 1.64. The summed E-state index contributed by atoms with van der Waals surface area (Å²) < 4.78 is 21.5. The second-order valence-corrected chi connectivity index (χ2v) is 9.61. The van der Waals surface area contributed by atoms with E-state index < -0.39 is 0 Å². The number of nitrogens with zero attached hydrogens (tertiary/aromatic N) is 3. The first-order valence-electron chi connectivity index (χ1n) is 10.8. The fourth-order valence-electron chi connectivity index (χ4n) is 3.66. The Kier molecular flexibility index (Phi) is 6.62. The maximum Gasteiger partial charge on any atom is 0.206 e. The number of aromatic nitrogens is 1. The Hall–Kier alpha value is -3.20. The van der Waals surface area contributed by atoms with E-state index in [9.17, 15) is 4.39 Å². The SMILES string of the molecule is COCCN=c1scc(-c2ccccc2F)n1N=C(C)c1ccc2c(c1)Nc1ccccc1S2. The number of nitrogens with one attached hydrogen (secondary N) is 1. The number of rotatable bonds is 6. The smallest absolute Gasteiger partial charge is 0.206 e. The average Bonchev–Trinajstić information content (AvgIpc) is 3.24. The van der Waals surface area contributed by atoms with Crippen molar-refractivity contribution in [3.05, 3.63) is 88.3 Å². The maximum absolute atomic E-state index is 14.6. The second kappa shape index (κ2) is 9.97. The van der Waals surface area contributed by atoms with E-state index >= 15 is 0 Å². The molecule has 1 aliphatic heterocycles. The van der Waals surface area contributed by atoms with Gasteiger partial charge in [-0.05, 0) is 48.9 Å². The predicted octanol–water partition coefficient (Wildman–Crippen LogP) is 6.38. The average molecular weight is 491 g/mol. The summed E-state index contributed by atoms with van der Waals surface area (Å²) in [4.78, 5) is 7.69. The highest BCUT2D eigenvalue weighted by molar-refractivity contribution is 7.99. The van der Waals surface area contributed by atoms with Gasteiger partial charge in [0.15, 0.2) is 0 Å². The number of methoxy groups -OCH3 is 1. The van der Waals surface area contributed by atoms with Crippen LogP contribution in [-0.4, -0.2) is 30.6 Å². The number of ether oxygens (including phenoxy) is 1. The minimum Gasteiger partial charge on any atom is -0.383 e. The van der Waals surface area contributed by atoms with Crippen LogP contribution < -0.4 is 10.1 Å². The first-order chi connectivity index (χ1) is 16.6. The molecule has 0 saturated heterocycles. The highest BCUT2D eigenvalue weighted by atomic mass is 32.2. The van der Waals surface area contributed by atoms with Gasteiger partial charge in [-0.3, -0.25) is 4.99 Å². The summed E-state index contributed by atoms with van der Waals surface area (Å²) in [6, 6.07) is 21.3. The van der Waals surface area contributed by atoms with Gasteiger partial charge in [-0.15, -0.1) is 11.3 Å². The van der Waals surface area contributed by atoms with E-state index in [4.69, 9.17) is 9.84 Å². The lowest BCUT2D eigenvalue weighted by atomic mass is 10.1. The number of hydrogen-bond donors (Lipinski definition) is 1. The van der Waals surface area contributed by atoms with Crippen LogP contribution >= 0.6 is 23.1 Å². The molecule has 0 fully saturated rings. The molecule has 5 nitrogen and oxygen atoms in total. The Bertz CT molecular complexity index is 1440. The second-order valence-electron chi connectivity index (χ2n) is 7.69. The molecule has 8 heteroatoms. The number of fused-ring (bicyclic) bond motifs is 2. The van der Waals surface area contributed by atoms with E-state index in [1.54, 1.807) is 35.7 Å². The molecule has 172 valence electrons. The highest BCUT2D eigenvalue weighted by Gasteiger charge is 2.17. The molecule has 0 saturated carbocycles. The Labute approximate surface area is 205 Å². The quantitative estimate of drug-likeness (QED) is 0.222. The predicted molar refractivity (Wildman–Crippen MR) is 138 cm³/mol. The zero-order valence-electron chi connectivity index (χ0n) is 18.8. The summed E-state index contributed by atoms with van der Waals surface area (Å²) in [5.74, 6) is -0.293. The molecule has 2 heterocycles. The standard InChI is InChI=1S/C26H23FN4OS2/c1-17(18-11-12-25-22(15-18)29-21-9-5-6-10-24(21)34-25)30-31-23(19-7-3-4-8-20(19)27)16-33-26(31)28-13-14-32-2/h3-12,15-16,29H,13-14H2,1-2H3. The fraction of sp³-hybridized carbons (Fsp3) is 0.154. The van der Waals surface area contributed by atoms with Crippen LogP contribution in [0.3, 0.4) is 0 Å². The normalized spacial score (nSPS) is 13.4.